The molecule has 0 saturated heterocycles. The predicted octanol–water partition coefficient (Wildman–Crippen LogP) is 3.91. The quantitative estimate of drug-likeness (QED) is 0.864. The van der Waals surface area contributed by atoms with Crippen molar-refractivity contribution < 1.29 is 18.3 Å². The smallest absolute Gasteiger partial charge is 0.396 e. The summed E-state index contributed by atoms with van der Waals surface area (Å²) in [5.74, 6) is 0. The monoisotopic (exact) mass is 301 g/mol. The van der Waals surface area contributed by atoms with E-state index in [0.717, 1.165) is 43.4 Å². The SMILES string of the molecule is CC(NCC1(CO)CCCC1)c1ccc(C(F)(F)F)cc1. The number of aliphatic hydroxyl groups is 1. The second kappa shape index (κ2) is 6.36. The molecule has 0 bridgehead atoms. The molecule has 21 heavy (non-hydrogen) atoms. The Hall–Kier alpha value is -1.07. The molecule has 5 heteroatoms. The van der Waals surface area contributed by atoms with E-state index in [1.165, 1.54) is 12.1 Å². The van der Waals surface area contributed by atoms with Gasteiger partial charge in [-0.15, -0.1) is 0 Å². The zero-order chi connectivity index (χ0) is 15.5. The summed E-state index contributed by atoms with van der Waals surface area (Å²) in [7, 11) is 0. The van der Waals surface area contributed by atoms with E-state index in [1.807, 2.05) is 6.92 Å². The fraction of sp³-hybridized carbons (Fsp3) is 0.625. The van der Waals surface area contributed by atoms with Gasteiger partial charge < -0.3 is 10.4 Å². The van der Waals surface area contributed by atoms with Crippen LogP contribution in [-0.4, -0.2) is 18.3 Å². The number of halogens is 3. The maximum Gasteiger partial charge on any atom is 0.416 e. The van der Waals surface area contributed by atoms with Crippen LogP contribution in [0.25, 0.3) is 0 Å². The van der Waals surface area contributed by atoms with E-state index < -0.39 is 11.7 Å². The van der Waals surface area contributed by atoms with Gasteiger partial charge in [0.25, 0.3) is 0 Å². The van der Waals surface area contributed by atoms with E-state index in [4.69, 9.17) is 0 Å². The van der Waals surface area contributed by atoms with Crippen LogP contribution in [0.1, 0.15) is 49.8 Å². The van der Waals surface area contributed by atoms with Crippen LogP contribution in [0.4, 0.5) is 13.2 Å². The van der Waals surface area contributed by atoms with Gasteiger partial charge in [-0.1, -0.05) is 25.0 Å². The summed E-state index contributed by atoms with van der Waals surface area (Å²) in [4.78, 5) is 0. The van der Waals surface area contributed by atoms with Crippen molar-refractivity contribution in [2.45, 2.75) is 44.8 Å². The maximum absolute atomic E-state index is 12.5. The molecule has 2 N–H and O–H groups in total. The van der Waals surface area contributed by atoms with Crippen LogP contribution < -0.4 is 5.32 Å². The Balaban J connectivity index is 1.95. The third-order valence-electron chi connectivity index (χ3n) is 4.52. The molecule has 1 aromatic carbocycles. The Morgan fingerprint density at radius 1 is 1.19 bits per heavy atom. The van der Waals surface area contributed by atoms with Crippen molar-refractivity contribution in [1.82, 2.24) is 5.32 Å². The largest absolute Gasteiger partial charge is 0.416 e. The van der Waals surface area contributed by atoms with Crippen LogP contribution in [-0.2, 0) is 6.18 Å². The summed E-state index contributed by atoms with van der Waals surface area (Å²) in [6.07, 6.45) is 0.000253. The van der Waals surface area contributed by atoms with E-state index in [-0.39, 0.29) is 18.1 Å². The van der Waals surface area contributed by atoms with E-state index in [1.54, 1.807) is 0 Å². The minimum atomic E-state index is -4.29. The average molecular weight is 301 g/mol. The minimum absolute atomic E-state index is 0.0312. The molecular weight excluding hydrogens is 279 g/mol. The fourth-order valence-corrected chi connectivity index (χ4v) is 2.96. The molecule has 1 aromatic rings. The normalized spacial score (nSPS) is 19.7. The topological polar surface area (TPSA) is 32.3 Å². The lowest BCUT2D eigenvalue weighted by atomic mass is 9.87. The van der Waals surface area contributed by atoms with Crippen molar-refractivity contribution in [1.29, 1.82) is 0 Å². The maximum atomic E-state index is 12.5. The van der Waals surface area contributed by atoms with Gasteiger partial charge in [-0.2, -0.15) is 13.2 Å². The van der Waals surface area contributed by atoms with Gasteiger partial charge >= 0.3 is 6.18 Å². The van der Waals surface area contributed by atoms with Gasteiger partial charge in [-0.25, -0.2) is 0 Å². The lowest BCUT2D eigenvalue weighted by Gasteiger charge is -2.29. The molecule has 1 aliphatic rings. The Bertz CT molecular complexity index is 450. The zero-order valence-electron chi connectivity index (χ0n) is 12.2. The number of hydrogen-bond acceptors (Lipinski definition) is 2. The third kappa shape index (κ3) is 3.98. The van der Waals surface area contributed by atoms with Crippen molar-refractivity contribution in [2.75, 3.05) is 13.2 Å². The first kappa shape index (κ1) is 16.3. The Kier molecular flexibility index (Phi) is 4.94. The molecule has 2 nitrogen and oxygen atoms in total. The molecule has 1 aliphatic carbocycles. The summed E-state index contributed by atoms with van der Waals surface area (Å²) in [5.41, 5.74) is 0.148. The standard InChI is InChI=1S/C16H22F3NO/c1-12(20-10-15(11-21)8-2-3-9-15)13-4-6-14(7-5-13)16(17,18)19/h4-7,12,20-21H,2-3,8-11H2,1H3. The van der Waals surface area contributed by atoms with Crippen LogP contribution in [0.2, 0.25) is 0 Å². The molecule has 0 aliphatic heterocycles. The number of hydrogen-bond donors (Lipinski definition) is 2. The van der Waals surface area contributed by atoms with Crippen LogP contribution in [0.15, 0.2) is 24.3 Å². The number of alkyl halides is 3. The number of benzene rings is 1. The summed E-state index contributed by atoms with van der Waals surface area (Å²) < 4.78 is 37.6. The second-order valence-corrected chi connectivity index (χ2v) is 6.09. The average Bonchev–Trinajstić information content (AvgIpc) is 2.93. The van der Waals surface area contributed by atoms with Crippen LogP contribution in [0, 0.1) is 5.41 Å². The number of rotatable bonds is 5. The van der Waals surface area contributed by atoms with Gasteiger partial charge in [0, 0.05) is 24.6 Å². The fourth-order valence-electron chi connectivity index (χ4n) is 2.96. The van der Waals surface area contributed by atoms with Crippen molar-refractivity contribution >= 4 is 0 Å². The zero-order valence-corrected chi connectivity index (χ0v) is 12.2. The summed E-state index contributed by atoms with van der Waals surface area (Å²) >= 11 is 0. The second-order valence-electron chi connectivity index (χ2n) is 6.09. The van der Waals surface area contributed by atoms with E-state index in [0.29, 0.717) is 6.54 Å². The molecular formula is C16H22F3NO. The number of aliphatic hydroxyl groups excluding tert-OH is 1. The Morgan fingerprint density at radius 2 is 1.76 bits per heavy atom. The summed E-state index contributed by atoms with van der Waals surface area (Å²) in [6.45, 7) is 2.80. The molecule has 1 unspecified atom stereocenters. The molecule has 0 amide bonds. The highest BCUT2D eigenvalue weighted by Gasteiger charge is 2.33. The molecule has 0 heterocycles. The molecule has 1 fully saturated rings. The Labute approximate surface area is 123 Å². The molecule has 118 valence electrons. The lowest BCUT2D eigenvalue weighted by Crippen LogP contribution is -2.36. The molecule has 1 atom stereocenters. The van der Waals surface area contributed by atoms with Crippen molar-refractivity contribution in [2.24, 2.45) is 5.41 Å². The van der Waals surface area contributed by atoms with Crippen molar-refractivity contribution in [3.63, 3.8) is 0 Å². The van der Waals surface area contributed by atoms with Crippen molar-refractivity contribution in [3.8, 4) is 0 Å². The molecule has 0 aromatic heterocycles. The van der Waals surface area contributed by atoms with Gasteiger partial charge in [0.15, 0.2) is 0 Å². The van der Waals surface area contributed by atoms with E-state index in [9.17, 15) is 18.3 Å². The Morgan fingerprint density at radius 3 is 2.24 bits per heavy atom. The first-order chi connectivity index (χ1) is 9.86. The molecule has 2 rings (SSSR count). The highest BCUT2D eigenvalue weighted by Crippen LogP contribution is 2.37. The lowest BCUT2D eigenvalue weighted by molar-refractivity contribution is -0.137. The molecule has 1 saturated carbocycles. The third-order valence-corrected chi connectivity index (χ3v) is 4.52. The highest BCUT2D eigenvalue weighted by molar-refractivity contribution is 5.26. The van der Waals surface area contributed by atoms with Crippen molar-refractivity contribution in [3.05, 3.63) is 35.4 Å². The predicted molar refractivity (Wildman–Crippen MR) is 75.8 cm³/mol. The molecule has 0 radical (unpaired) electrons. The van der Waals surface area contributed by atoms with Gasteiger partial charge in [0.2, 0.25) is 0 Å². The van der Waals surface area contributed by atoms with Gasteiger partial charge in [0.1, 0.15) is 0 Å². The van der Waals surface area contributed by atoms with Crippen LogP contribution in [0.3, 0.4) is 0 Å². The van der Waals surface area contributed by atoms with Crippen LogP contribution in [0.5, 0.6) is 0 Å². The minimum Gasteiger partial charge on any atom is -0.396 e. The summed E-state index contributed by atoms with van der Waals surface area (Å²) in [6, 6.07) is 5.23. The van der Waals surface area contributed by atoms with Gasteiger partial charge in [-0.05, 0) is 37.5 Å². The molecule has 0 spiro atoms. The highest BCUT2D eigenvalue weighted by atomic mass is 19.4. The van der Waals surface area contributed by atoms with Gasteiger partial charge in [0.05, 0.1) is 5.56 Å². The van der Waals surface area contributed by atoms with E-state index >= 15 is 0 Å². The van der Waals surface area contributed by atoms with E-state index in [2.05, 4.69) is 5.32 Å². The van der Waals surface area contributed by atoms with Crippen LogP contribution >= 0.6 is 0 Å². The first-order valence-electron chi connectivity index (χ1n) is 7.38. The van der Waals surface area contributed by atoms with Gasteiger partial charge in [-0.3, -0.25) is 0 Å². The number of nitrogens with one attached hydrogen (secondary N) is 1. The first-order valence-corrected chi connectivity index (χ1v) is 7.38. The summed E-state index contributed by atoms with van der Waals surface area (Å²) in [5, 5.41) is 12.9.